The fraction of sp³-hybridized carbons (Fsp3) is 0.217. The molecule has 3 rings (SSSR count). The molecule has 1 aliphatic heterocycles. The number of carbonyl (C=O) groups is 4. The van der Waals surface area contributed by atoms with Crippen LogP contribution in [0.5, 0.6) is 11.5 Å². The highest BCUT2D eigenvalue weighted by Crippen LogP contribution is 2.35. The molecule has 0 aliphatic carbocycles. The normalized spacial score (nSPS) is 14.1. The van der Waals surface area contributed by atoms with Crippen molar-refractivity contribution in [3.8, 4) is 11.5 Å². The van der Waals surface area contributed by atoms with Gasteiger partial charge in [0.15, 0.2) is 18.1 Å². The van der Waals surface area contributed by atoms with Crippen molar-refractivity contribution >= 4 is 51.5 Å². The zero-order valence-corrected chi connectivity index (χ0v) is 20.3. The number of methoxy groups -OCH3 is 1. The van der Waals surface area contributed by atoms with Crippen LogP contribution >= 0.6 is 15.9 Å². The van der Waals surface area contributed by atoms with Crippen molar-refractivity contribution in [1.29, 1.82) is 0 Å². The number of hydrogen-bond donors (Lipinski definition) is 2. The third-order valence-corrected chi connectivity index (χ3v) is 5.31. The summed E-state index contributed by atoms with van der Waals surface area (Å²) >= 11 is 3.38. The van der Waals surface area contributed by atoms with Crippen LogP contribution in [0.3, 0.4) is 0 Å². The number of imide groups is 1. The number of esters is 1. The monoisotopic (exact) mass is 549 g/mol. The Morgan fingerprint density at radius 1 is 1.14 bits per heavy atom. The lowest BCUT2D eigenvalue weighted by Gasteiger charge is -2.14. The van der Waals surface area contributed by atoms with Crippen LogP contribution in [0, 0.1) is 5.82 Å². The van der Waals surface area contributed by atoms with Crippen LogP contribution in [-0.2, 0) is 19.1 Å². The van der Waals surface area contributed by atoms with Crippen LogP contribution in [0.15, 0.2) is 46.6 Å². The smallest absolute Gasteiger partial charge is 0.329 e. The molecular formula is C23H21BrFN3O7. The summed E-state index contributed by atoms with van der Waals surface area (Å²) in [5, 5.41) is 5.00. The summed E-state index contributed by atoms with van der Waals surface area (Å²) in [6.07, 6.45) is 1.41. The van der Waals surface area contributed by atoms with E-state index in [1.54, 1.807) is 19.1 Å². The zero-order chi connectivity index (χ0) is 25.5. The molecule has 1 saturated heterocycles. The maximum Gasteiger partial charge on any atom is 0.329 e. The molecule has 1 aliphatic rings. The van der Waals surface area contributed by atoms with E-state index in [4.69, 9.17) is 9.47 Å². The fourth-order valence-corrected chi connectivity index (χ4v) is 3.42. The quantitative estimate of drug-likeness (QED) is 0.280. The van der Waals surface area contributed by atoms with Gasteiger partial charge in [0.25, 0.3) is 11.8 Å². The van der Waals surface area contributed by atoms with Crippen molar-refractivity contribution in [2.75, 3.05) is 32.2 Å². The molecule has 4 amide bonds. The molecule has 12 heteroatoms. The van der Waals surface area contributed by atoms with Crippen molar-refractivity contribution in [3.63, 3.8) is 0 Å². The minimum Gasteiger partial charge on any atom is -0.490 e. The van der Waals surface area contributed by atoms with E-state index in [1.807, 2.05) is 0 Å². The predicted molar refractivity (Wildman–Crippen MR) is 126 cm³/mol. The summed E-state index contributed by atoms with van der Waals surface area (Å²) in [5.41, 5.74) is 0.840. The zero-order valence-electron chi connectivity index (χ0n) is 18.7. The minimum absolute atomic E-state index is 0.0469. The topological polar surface area (TPSA) is 123 Å². The number of nitrogens with one attached hydrogen (secondary N) is 2. The van der Waals surface area contributed by atoms with Gasteiger partial charge < -0.3 is 24.8 Å². The first-order chi connectivity index (χ1) is 16.7. The molecule has 35 heavy (non-hydrogen) atoms. The molecule has 2 aromatic rings. The number of hydrogen-bond acceptors (Lipinski definition) is 7. The molecule has 1 heterocycles. The molecule has 0 bridgehead atoms. The maximum atomic E-state index is 13.0. The highest BCUT2D eigenvalue weighted by molar-refractivity contribution is 9.10. The molecule has 0 radical (unpaired) electrons. The first-order valence-corrected chi connectivity index (χ1v) is 11.1. The van der Waals surface area contributed by atoms with Crippen molar-refractivity contribution in [1.82, 2.24) is 10.2 Å². The van der Waals surface area contributed by atoms with Crippen molar-refractivity contribution < 1.29 is 37.8 Å². The molecule has 1 fully saturated rings. The second kappa shape index (κ2) is 11.5. The van der Waals surface area contributed by atoms with Crippen LogP contribution in [0.1, 0.15) is 12.5 Å². The standard InChI is InChI=1S/C23H21BrFN3O7/c1-3-34-18-9-13(8-17-22(31)28(23(32)27-17)11-21(30)33-2)16(24)10-19(18)35-12-20(29)26-15-6-4-14(25)5-7-15/h4-10H,3,11-12H2,1-2H3,(H,26,29)(H,27,32)/b17-8+. The Labute approximate surface area is 208 Å². The highest BCUT2D eigenvalue weighted by atomic mass is 79.9. The number of benzene rings is 2. The second-order valence-electron chi connectivity index (χ2n) is 7.05. The first-order valence-electron chi connectivity index (χ1n) is 10.3. The summed E-state index contributed by atoms with van der Waals surface area (Å²) in [6, 6.07) is 7.66. The number of anilines is 1. The molecular weight excluding hydrogens is 529 g/mol. The number of nitrogens with zero attached hydrogens (tertiary/aromatic N) is 1. The van der Waals surface area contributed by atoms with Crippen LogP contribution in [0.2, 0.25) is 0 Å². The number of amides is 4. The molecule has 0 atom stereocenters. The number of carbonyl (C=O) groups excluding carboxylic acids is 4. The Balaban J connectivity index is 1.75. The first kappa shape index (κ1) is 25.7. The van der Waals surface area contributed by atoms with Crippen molar-refractivity contribution in [3.05, 3.63) is 57.9 Å². The SMILES string of the molecule is CCOc1cc(/C=C2/NC(=O)N(CC(=O)OC)C2=O)c(Br)cc1OCC(=O)Nc1ccc(F)cc1. The van der Waals surface area contributed by atoms with Crippen molar-refractivity contribution in [2.45, 2.75) is 6.92 Å². The third kappa shape index (κ3) is 6.57. The van der Waals surface area contributed by atoms with Crippen LogP contribution in [0.25, 0.3) is 6.08 Å². The van der Waals surface area contributed by atoms with Gasteiger partial charge in [-0.1, -0.05) is 15.9 Å². The average molecular weight is 550 g/mol. The summed E-state index contributed by atoms with van der Waals surface area (Å²) in [6.45, 7) is 1.19. The molecule has 2 N–H and O–H groups in total. The molecule has 0 spiro atoms. The van der Waals surface area contributed by atoms with E-state index in [-0.39, 0.29) is 18.1 Å². The van der Waals surface area contributed by atoms with E-state index < -0.39 is 36.2 Å². The van der Waals surface area contributed by atoms with Gasteiger partial charge in [0.05, 0.1) is 13.7 Å². The Kier molecular flexibility index (Phi) is 8.42. The van der Waals surface area contributed by atoms with Gasteiger partial charge in [-0.05, 0) is 55.0 Å². The number of rotatable bonds is 9. The highest BCUT2D eigenvalue weighted by Gasteiger charge is 2.35. The Morgan fingerprint density at radius 3 is 2.49 bits per heavy atom. The van der Waals surface area contributed by atoms with Gasteiger partial charge in [0, 0.05) is 10.2 Å². The molecule has 0 aromatic heterocycles. The van der Waals surface area contributed by atoms with Gasteiger partial charge in [-0.2, -0.15) is 0 Å². The lowest BCUT2D eigenvalue weighted by Crippen LogP contribution is -2.36. The van der Waals surface area contributed by atoms with E-state index >= 15 is 0 Å². The summed E-state index contributed by atoms with van der Waals surface area (Å²) in [7, 11) is 1.15. The maximum absolute atomic E-state index is 13.0. The lowest BCUT2D eigenvalue weighted by atomic mass is 10.1. The lowest BCUT2D eigenvalue weighted by molar-refractivity contribution is -0.143. The summed E-state index contributed by atoms with van der Waals surface area (Å²) in [5.74, 6) is -1.77. The number of ether oxygens (including phenoxy) is 3. The largest absolute Gasteiger partial charge is 0.490 e. The molecule has 0 saturated carbocycles. The fourth-order valence-electron chi connectivity index (χ4n) is 2.98. The van der Waals surface area contributed by atoms with Crippen LogP contribution in [0.4, 0.5) is 14.9 Å². The average Bonchev–Trinajstić information content (AvgIpc) is 3.08. The van der Waals surface area contributed by atoms with Crippen molar-refractivity contribution in [2.24, 2.45) is 0 Å². The van der Waals surface area contributed by atoms with E-state index in [1.165, 1.54) is 30.3 Å². The predicted octanol–water partition coefficient (Wildman–Crippen LogP) is 3.07. The second-order valence-corrected chi connectivity index (χ2v) is 7.91. The van der Waals surface area contributed by atoms with Crippen LogP contribution < -0.4 is 20.1 Å². The summed E-state index contributed by atoms with van der Waals surface area (Å²) in [4.78, 5) is 49.0. The van der Waals surface area contributed by atoms with Gasteiger partial charge >= 0.3 is 12.0 Å². The van der Waals surface area contributed by atoms with E-state index in [2.05, 4.69) is 31.3 Å². The summed E-state index contributed by atoms with van der Waals surface area (Å²) < 4.78 is 29.2. The Hall–Kier alpha value is -3.93. The number of urea groups is 1. The van der Waals surface area contributed by atoms with Gasteiger partial charge in [0.2, 0.25) is 0 Å². The van der Waals surface area contributed by atoms with Crippen LogP contribution in [-0.4, -0.2) is 55.6 Å². The Bertz CT molecular complexity index is 1180. The van der Waals surface area contributed by atoms with Gasteiger partial charge in [-0.3, -0.25) is 14.4 Å². The third-order valence-electron chi connectivity index (χ3n) is 4.63. The Morgan fingerprint density at radius 2 is 1.83 bits per heavy atom. The van der Waals surface area contributed by atoms with Gasteiger partial charge in [-0.25, -0.2) is 14.1 Å². The molecule has 184 valence electrons. The van der Waals surface area contributed by atoms with E-state index in [0.717, 1.165) is 12.0 Å². The number of halogens is 2. The van der Waals surface area contributed by atoms with Gasteiger partial charge in [0.1, 0.15) is 18.1 Å². The minimum atomic E-state index is -0.750. The van der Waals surface area contributed by atoms with E-state index in [0.29, 0.717) is 28.1 Å². The van der Waals surface area contributed by atoms with E-state index in [9.17, 15) is 23.6 Å². The molecule has 10 nitrogen and oxygen atoms in total. The molecule has 0 unspecified atom stereocenters. The molecule has 2 aromatic carbocycles. The van der Waals surface area contributed by atoms with Gasteiger partial charge in [-0.15, -0.1) is 0 Å².